The van der Waals surface area contributed by atoms with Crippen LogP contribution in [0.15, 0.2) is 0 Å². The first-order chi connectivity index (χ1) is 59.0. The Morgan fingerprint density at radius 2 is 0.833 bits per heavy atom. The molecule has 18 bridgehead atoms. The number of carbonyl (C=O) groups is 10. The zero-order valence-corrected chi connectivity index (χ0v) is 81.0. The van der Waals surface area contributed by atoms with Gasteiger partial charge in [0.05, 0.1) is 68.2 Å². The van der Waals surface area contributed by atoms with Crippen molar-refractivity contribution in [3.8, 4) is 0 Å². The molecule has 0 aromatic carbocycles. The second kappa shape index (κ2) is 51.6. The number of esters is 10. The van der Waals surface area contributed by atoms with E-state index in [2.05, 4.69) is 20.8 Å². The molecule has 2 heterocycles. The van der Waals surface area contributed by atoms with Gasteiger partial charge in [-0.15, -0.1) is 0 Å². The van der Waals surface area contributed by atoms with Gasteiger partial charge in [-0.1, -0.05) is 151 Å². The number of rotatable bonds is 27. The third-order valence-electron chi connectivity index (χ3n) is 36.0. The van der Waals surface area contributed by atoms with Gasteiger partial charge in [0, 0.05) is 37.5 Å². The van der Waals surface area contributed by atoms with Crippen molar-refractivity contribution in [2.24, 2.45) is 133 Å². The third kappa shape index (κ3) is 28.9. The number of hydrogen-bond acceptors (Lipinski definition) is 23. The first-order valence-corrected chi connectivity index (χ1v) is 50.1. The average Bonchev–Trinajstić information content (AvgIpc) is 0.768. The Labute approximate surface area is 842 Å². The predicted octanol–water partition coefficient (Wildman–Crippen LogP) is 26.9. The fourth-order valence-electron chi connectivity index (χ4n) is 26.6. The van der Waals surface area contributed by atoms with Gasteiger partial charge in [0.2, 0.25) is 6.10 Å². The number of carbonyl (C=O) groups excluding carboxylic acids is 10. The van der Waals surface area contributed by atoms with Crippen molar-refractivity contribution in [2.45, 2.75) is 518 Å². The lowest BCUT2D eigenvalue weighted by Crippen LogP contribution is -2.67. The van der Waals surface area contributed by atoms with E-state index in [1.54, 1.807) is 27.7 Å². The van der Waals surface area contributed by atoms with Crippen molar-refractivity contribution in [3.63, 3.8) is 0 Å². The molecular formula is C115H212O23. The highest BCUT2D eigenvalue weighted by Gasteiger charge is 2.67. The molecule has 2 saturated heterocycles. The summed E-state index contributed by atoms with van der Waals surface area (Å²) in [6.45, 7) is 40.0. The number of fused-ring (bicyclic) bond motifs is 1. The maximum Gasteiger partial charge on any atom is 0.347 e. The van der Waals surface area contributed by atoms with Crippen LogP contribution < -0.4 is 0 Å². The predicted molar refractivity (Wildman–Crippen MR) is 553 cm³/mol. The van der Waals surface area contributed by atoms with Crippen LogP contribution in [0.1, 0.15) is 465 Å². The summed E-state index contributed by atoms with van der Waals surface area (Å²) in [6.07, 6.45) is 35.1. The highest BCUT2D eigenvalue weighted by atomic mass is 16.7. The van der Waals surface area contributed by atoms with Gasteiger partial charge in [-0.3, -0.25) is 38.4 Å². The fraction of sp³-hybridized carbons (Fsp3) is 0.913. The number of cyclic esters (lactones) is 1. The third-order valence-corrected chi connectivity index (χ3v) is 36.0. The first-order valence-electron chi connectivity index (χ1n) is 50.1. The van der Waals surface area contributed by atoms with E-state index in [1.165, 1.54) is 83.5 Å². The van der Waals surface area contributed by atoms with E-state index in [4.69, 9.17) is 52.1 Å². The molecule has 21 aliphatic rings. The van der Waals surface area contributed by atoms with Crippen LogP contribution in [0, 0.1) is 133 Å². The van der Waals surface area contributed by atoms with Crippen molar-refractivity contribution in [2.75, 3.05) is 26.6 Å². The second-order valence-electron chi connectivity index (χ2n) is 47.4. The molecule has 138 heavy (non-hydrogen) atoms. The number of aliphatic hydroxyl groups is 2. The molecule has 0 spiro atoms. The normalized spacial score (nSPS) is 34.5. The van der Waals surface area contributed by atoms with Gasteiger partial charge in [0.25, 0.3) is 0 Å². The molecule has 0 aromatic rings. The Kier molecular flexibility index (Phi) is 49.5. The van der Waals surface area contributed by atoms with Gasteiger partial charge in [0.1, 0.15) is 35.1 Å². The molecule has 2 N–H and O–H groups in total. The summed E-state index contributed by atoms with van der Waals surface area (Å²) < 4.78 is 61.4. The smallest absolute Gasteiger partial charge is 0.347 e. The maximum atomic E-state index is 13.3. The minimum Gasteiger partial charge on any atom is -0.463 e. The van der Waals surface area contributed by atoms with Crippen molar-refractivity contribution in [3.05, 3.63) is 0 Å². The van der Waals surface area contributed by atoms with Gasteiger partial charge in [-0.2, -0.15) is 0 Å². The largest absolute Gasteiger partial charge is 0.463 e. The van der Waals surface area contributed by atoms with E-state index in [9.17, 15) is 58.2 Å². The van der Waals surface area contributed by atoms with E-state index in [1.807, 2.05) is 90.0 Å². The van der Waals surface area contributed by atoms with Crippen molar-refractivity contribution < 1.29 is 110 Å². The molecule has 21 fully saturated rings. The minimum atomic E-state index is -0.842. The highest BCUT2D eigenvalue weighted by Crippen LogP contribution is 2.65. The molecule has 19 saturated carbocycles. The zero-order valence-electron chi connectivity index (χ0n) is 81.0. The van der Waals surface area contributed by atoms with Crippen LogP contribution in [0.3, 0.4) is 0 Å². The topological polar surface area (TPSA) is 313 Å². The van der Waals surface area contributed by atoms with E-state index >= 15 is 0 Å². The zero-order chi connectivity index (χ0) is 92.1. The molecular weight excluding hydrogens is 1750 g/mol. The second-order valence-corrected chi connectivity index (χ2v) is 47.4. The quantitative estimate of drug-likeness (QED) is 0.0334. The van der Waals surface area contributed by atoms with Crippen LogP contribution >= 0.6 is 0 Å². The number of ether oxygens (including phenoxy) is 11. The van der Waals surface area contributed by atoms with Gasteiger partial charge < -0.3 is 62.3 Å². The van der Waals surface area contributed by atoms with Crippen molar-refractivity contribution in [1.29, 1.82) is 0 Å². The first kappa shape index (κ1) is 133. The fourth-order valence-corrected chi connectivity index (χ4v) is 26.6. The molecule has 810 valence electrons. The van der Waals surface area contributed by atoms with E-state index < -0.39 is 62.5 Å². The Morgan fingerprint density at radius 3 is 1.28 bits per heavy atom. The summed E-state index contributed by atoms with van der Waals surface area (Å²) in [6, 6.07) is 0. The van der Waals surface area contributed by atoms with E-state index in [0.29, 0.717) is 80.6 Å². The van der Waals surface area contributed by atoms with Crippen LogP contribution in [0.25, 0.3) is 0 Å². The number of hydrogen-bond donors (Lipinski definition) is 2. The molecule has 23 nitrogen and oxygen atoms in total. The summed E-state index contributed by atoms with van der Waals surface area (Å²) in [5, 5.41) is 21.3. The Morgan fingerprint density at radius 1 is 0.399 bits per heavy atom. The molecule has 23 heteroatoms. The van der Waals surface area contributed by atoms with Crippen LogP contribution in [-0.2, 0) is 100 Å². The van der Waals surface area contributed by atoms with Crippen LogP contribution in [0.2, 0.25) is 0 Å². The standard InChI is InChI=1S/C29H44O5.C18H30O2.C16H22O6.C16H26O4.C14H26O2.C10H16O4.12CH4/c1-4-28(2,3)26(30)34-25-22-10-19-11-23(25)14-29(12-19,13-22)27(31)33-16-32-15-24-20-6-17-5-18(8-20)9-21(24)7-17;1-5-17(3,4)16(19)20-18(6-2)14-8-12-7-13(10-14)11-15(18)9-12;1-4-16(2,3)15(19)20-7-11(17)21-12-8-5-9-10(6-8)14(18)22-13(9)12;1-4-13(2,3)12(17)20-16-7-11-5-14(18,9-16)8-15(19,6-11)10-16;1-5-13(3,4)12(15)16-14(6-2)10-8-7-9-11-14;1-4-10(2,3)9(12)14-7-5-6-13-8(7)11;;;;;;;;;;;;/h17-25H,4-16H2,1-3H3;12-15H,5-11H2,1-4H3;8-10,12-13H,4-7H2,1-3H3;11,18-19H,4-10H2,1-3H3;5-11H2,1-4H3;7H,4-6H2,1-3H3;12*1H4. The monoisotopic (exact) mass is 1960 g/mol. The lowest BCUT2D eigenvalue weighted by molar-refractivity contribution is -0.264. The summed E-state index contributed by atoms with van der Waals surface area (Å²) in [7, 11) is 0. The van der Waals surface area contributed by atoms with Gasteiger partial charge in [-0.05, 0) is 365 Å². The van der Waals surface area contributed by atoms with Crippen molar-refractivity contribution >= 4 is 59.7 Å². The van der Waals surface area contributed by atoms with Gasteiger partial charge in [0.15, 0.2) is 13.4 Å². The van der Waals surface area contributed by atoms with Crippen LogP contribution in [0.4, 0.5) is 0 Å². The van der Waals surface area contributed by atoms with E-state index in [0.717, 1.165) is 158 Å². The van der Waals surface area contributed by atoms with Crippen molar-refractivity contribution in [1.82, 2.24) is 0 Å². The molecule has 0 amide bonds. The van der Waals surface area contributed by atoms with Gasteiger partial charge >= 0.3 is 59.7 Å². The molecule has 0 aromatic heterocycles. The molecule has 10 unspecified atom stereocenters. The Hall–Kier alpha value is -5.42. The summed E-state index contributed by atoms with van der Waals surface area (Å²) in [5.41, 5.74) is -5.75. The Balaban J connectivity index is 0.00000164. The van der Waals surface area contributed by atoms with Crippen LogP contribution in [-0.4, -0.2) is 149 Å². The maximum absolute atomic E-state index is 13.3. The summed E-state index contributed by atoms with van der Waals surface area (Å²) >= 11 is 0. The average molecular weight is 1960 g/mol. The Bertz CT molecular complexity index is 3790. The SMILES string of the molecule is C.C.C.C.C.C.C.C.C.C.C.C.CCC(C)(C)C(=O)OC1(CC)C2CC3CC(C2)CC1C3.CCC(C)(C)C(=O)OC12CC3CC(O)(CC(O)(C3)C1)C2.CCC(C)(C)C(=O)OC1C2CC3CC1CC(C(=O)OCOCC1C4CC5CC(C4)CC1C5)(C3)C2.CCC(C)(C)C(=O)OC1CCOC1=O.CCC(C)(C)C(=O)OCC(=O)OC1C2CC3C(=O)OC1C3C2.CCC1(OC(=O)C(C)(C)CC)CCCCC1. The lowest BCUT2D eigenvalue weighted by atomic mass is 9.48. The van der Waals surface area contributed by atoms with Gasteiger partial charge in [-0.25, -0.2) is 9.59 Å². The molecule has 2 aliphatic heterocycles. The summed E-state index contributed by atoms with van der Waals surface area (Å²) in [4.78, 5) is 121. The molecule has 0 radical (unpaired) electrons. The summed E-state index contributed by atoms with van der Waals surface area (Å²) in [5.74, 6) is 7.03. The lowest BCUT2D eigenvalue weighted by Gasteiger charge is -2.62. The minimum absolute atomic E-state index is 0. The molecule has 21 rings (SSSR count). The molecule has 10 atom stereocenters. The molecule has 19 aliphatic carbocycles. The van der Waals surface area contributed by atoms with E-state index in [-0.39, 0.29) is 214 Å². The highest BCUT2D eigenvalue weighted by molar-refractivity contribution is 5.84. The van der Waals surface area contributed by atoms with Crippen LogP contribution in [0.5, 0.6) is 0 Å².